The average molecular weight is 358 g/mol. The van der Waals surface area contributed by atoms with Crippen molar-refractivity contribution < 1.29 is 4.74 Å². The predicted molar refractivity (Wildman–Crippen MR) is 104 cm³/mol. The van der Waals surface area contributed by atoms with Crippen LogP contribution in [0, 0.1) is 13.8 Å². The molecule has 3 rings (SSSR count). The molecule has 1 saturated heterocycles. The number of rotatable bonds is 6. The lowest BCUT2D eigenvalue weighted by Crippen LogP contribution is -2.37. The highest BCUT2D eigenvalue weighted by atomic mass is 16.5. The summed E-state index contributed by atoms with van der Waals surface area (Å²) in [4.78, 5) is 14.7. The highest BCUT2D eigenvalue weighted by Gasteiger charge is 2.16. The van der Waals surface area contributed by atoms with Crippen LogP contribution in [0.4, 0.5) is 0 Å². The first-order chi connectivity index (χ1) is 12.5. The van der Waals surface area contributed by atoms with Gasteiger partial charge in [0.25, 0.3) is 0 Å². The van der Waals surface area contributed by atoms with E-state index in [2.05, 4.69) is 54.9 Å². The van der Waals surface area contributed by atoms with Crippen LogP contribution in [0.5, 0.6) is 0 Å². The lowest BCUT2D eigenvalue weighted by molar-refractivity contribution is 0.0369. The molecule has 0 bridgehead atoms. The fraction of sp³-hybridized carbons (Fsp3) is 0.600. The Balaban J connectivity index is 1.81. The molecular formula is C20H30N4O2. The Morgan fingerprint density at radius 1 is 1.15 bits per heavy atom. The van der Waals surface area contributed by atoms with Gasteiger partial charge >= 0.3 is 5.69 Å². The van der Waals surface area contributed by atoms with E-state index in [1.54, 1.807) is 4.57 Å². The molecule has 6 heteroatoms. The minimum atomic E-state index is -0.131. The Morgan fingerprint density at radius 3 is 2.58 bits per heavy atom. The molecular weight excluding hydrogens is 328 g/mol. The van der Waals surface area contributed by atoms with E-state index in [0.717, 1.165) is 56.2 Å². The molecule has 1 fully saturated rings. The molecule has 26 heavy (non-hydrogen) atoms. The van der Waals surface area contributed by atoms with E-state index in [9.17, 15) is 4.79 Å². The lowest BCUT2D eigenvalue weighted by Gasteiger charge is -2.26. The van der Waals surface area contributed by atoms with Crippen LogP contribution in [0.3, 0.4) is 0 Å². The maximum Gasteiger partial charge on any atom is 0.343 e. The van der Waals surface area contributed by atoms with Gasteiger partial charge in [-0.15, -0.1) is 0 Å². The van der Waals surface area contributed by atoms with Gasteiger partial charge in [0.05, 0.1) is 13.2 Å². The molecule has 0 amide bonds. The third kappa shape index (κ3) is 4.07. The monoisotopic (exact) mass is 358 g/mol. The summed E-state index contributed by atoms with van der Waals surface area (Å²) in [5, 5.41) is 6.97. The van der Waals surface area contributed by atoms with Crippen LogP contribution < -0.4 is 5.69 Å². The number of ether oxygens (including phenoxy) is 1. The van der Waals surface area contributed by atoms with Gasteiger partial charge in [0.1, 0.15) is 0 Å². The number of morpholine rings is 1. The quantitative estimate of drug-likeness (QED) is 0.862. The van der Waals surface area contributed by atoms with Crippen molar-refractivity contribution in [1.29, 1.82) is 0 Å². The second-order valence-electron chi connectivity index (χ2n) is 7.49. The topological polar surface area (TPSA) is 63.2 Å². The summed E-state index contributed by atoms with van der Waals surface area (Å²) >= 11 is 0. The molecule has 2 heterocycles. The molecule has 1 aromatic heterocycles. The van der Waals surface area contributed by atoms with Gasteiger partial charge in [-0.3, -0.25) is 9.47 Å². The van der Waals surface area contributed by atoms with Crippen molar-refractivity contribution >= 4 is 0 Å². The lowest BCUT2D eigenvalue weighted by atomic mass is 9.93. The van der Waals surface area contributed by atoms with E-state index in [1.165, 1.54) is 11.1 Å². The summed E-state index contributed by atoms with van der Waals surface area (Å²) in [7, 11) is 0. The molecule has 0 saturated carbocycles. The summed E-state index contributed by atoms with van der Waals surface area (Å²) in [5.41, 5.74) is 4.66. The third-order valence-electron chi connectivity index (χ3n) is 5.19. The molecule has 1 aliphatic heterocycles. The molecule has 2 aromatic rings. The van der Waals surface area contributed by atoms with Crippen molar-refractivity contribution in [1.82, 2.24) is 19.7 Å². The van der Waals surface area contributed by atoms with Gasteiger partial charge in [0.2, 0.25) is 0 Å². The van der Waals surface area contributed by atoms with Crippen LogP contribution >= 0.6 is 0 Å². The van der Waals surface area contributed by atoms with Crippen molar-refractivity contribution in [3.05, 3.63) is 39.3 Å². The van der Waals surface area contributed by atoms with E-state index in [1.807, 2.05) is 0 Å². The molecule has 0 atom stereocenters. The standard InChI is InChI=1S/C20H30N4O2/c1-14(2)17-13-18(16(4)12-15(17)3)19-21-22-20(25)24(19)7-5-6-23-8-10-26-11-9-23/h12-14H,5-11H2,1-4H3,(H,22,25). The highest BCUT2D eigenvalue weighted by Crippen LogP contribution is 2.28. The molecule has 0 spiro atoms. The summed E-state index contributed by atoms with van der Waals surface area (Å²) in [6.45, 7) is 13.8. The van der Waals surface area contributed by atoms with Crippen molar-refractivity contribution in [2.24, 2.45) is 0 Å². The van der Waals surface area contributed by atoms with Crippen molar-refractivity contribution in [3.63, 3.8) is 0 Å². The SMILES string of the molecule is Cc1cc(C)c(C(C)C)cc1-c1n[nH]c(=O)n1CCCN1CCOCC1. The van der Waals surface area contributed by atoms with Gasteiger partial charge < -0.3 is 4.74 Å². The van der Waals surface area contributed by atoms with E-state index in [4.69, 9.17) is 4.74 Å². The molecule has 1 aliphatic rings. The highest BCUT2D eigenvalue weighted by molar-refractivity contribution is 5.63. The number of nitrogens with zero attached hydrogens (tertiary/aromatic N) is 3. The number of benzene rings is 1. The molecule has 1 aromatic carbocycles. The van der Waals surface area contributed by atoms with Gasteiger partial charge in [-0.25, -0.2) is 9.89 Å². The number of aryl methyl sites for hydroxylation is 2. The van der Waals surface area contributed by atoms with E-state index >= 15 is 0 Å². The largest absolute Gasteiger partial charge is 0.379 e. The number of hydrogen-bond donors (Lipinski definition) is 1. The van der Waals surface area contributed by atoms with Crippen molar-refractivity contribution in [2.75, 3.05) is 32.8 Å². The Bertz CT molecular complexity index is 801. The van der Waals surface area contributed by atoms with Gasteiger partial charge in [0.15, 0.2) is 5.82 Å². The fourth-order valence-electron chi connectivity index (χ4n) is 3.74. The Hall–Kier alpha value is -1.92. The first kappa shape index (κ1) is 18.9. The van der Waals surface area contributed by atoms with Crippen LogP contribution in [0.15, 0.2) is 16.9 Å². The van der Waals surface area contributed by atoms with Gasteiger partial charge in [-0.2, -0.15) is 5.10 Å². The summed E-state index contributed by atoms with van der Waals surface area (Å²) in [5.74, 6) is 1.19. The fourth-order valence-corrected chi connectivity index (χ4v) is 3.74. The molecule has 142 valence electrons. The van der Waals surface area contributed by atoms with E-state index < -0.39 is 0 Å². The number of hydrogen-bond acceptors (Lipinski definition) is 4. The molecule has 0 radical (unpaired) electrons. The summed E-state index contributed by atoms with van der Waals surface area (Å²) < 4.78 is 7.17. The van der Waals surface area contributed by atoms with Crippen LogP contribution in [0.2, 0.25) is 0 Å². The zero-order chi connectivity index (χ0) is 18.7. The van der Waals surface area contributed by atoms with Crippen molar-refractivity contribution in [2.45, 2.75) is 46.6 Å². The van der Waals surface area contributed by atoms with Crippen LogP contribution in [-0.4, -0.2) is 52.5 Å². The minimum absolute atomic E-state index is 0.131. The number of H-pyrrole nitrogens is 1. The van der Waals surface area contributed by atoms with Crippen LogP contribution in [-0.2, 0) is 11.3 Å². The second kappa shape index (κ2) is 8.18. The zero-order valence-corrected chi connectivity index (χ0v) is 16.3. The maximum atomic E-state index is 12.3. The Labute approximate surface area is 155 Å². The van der Waals surface area contributed by atoms with E-state index in [-0.39, 0.29) is 5.69 Å². The van der Waals surface area contributed by atoms with Gasteiger partial charge in [0, 0.05) is 31.7 Å². The molecule has 6 nitrogen and oxygen atoms in total. The van der Waals surface area contributed by atoms with E-state index in [0.29, 0.717) is 12.5 Å². The Kier molecular flexibility index (Phi) is 5.94. The predicted octanol–water partition coefficient (Wildman–Crippen LogP) is 2.70. The zero-order valence-electron chi connectivity index (χ0n) is 16.3. The van der Waals surface area contributed by atoms with Gasteiger partial charge in [-0.1, -0.05) is 19.9 Å². The average Bonchev–Trinajstić information content (AvgIpc) is 2.96. The maximum absolute atomic E-state index is 12.3. The first-order valence-corrected chi connectivity index (χ1v) is 9.54. The van der Waals surface area contributed by atoms with Crippen molar-refractivity contribution in [3.8, 4) is 11.4 Å². The smallest absolute Gasteiger partial charge is 0.343 e. The van der Waals surface area contributed by atoms with Crippen LogP contribution in [0.1, 0.15) is 42.9 Å². The minimum Gasteiger partial charge on any atom is -0.379 e. The number of aromatic nitrogens is 3. The Morgan fingerprint density at radius 2 is 1.88 bits per heavy atom. The van der Waals surface area contributed by atoms with Gasteiger partial charge in [-0.05, 0) is 48.9 Å². The third-order valence-corrected chi connectivity index (χ3v) is 5.19. The number of nitrogens with one attached hydrogen (secondary N) is 1. The van der Waals surface area contributed by atoms with Crippen LogP contribution in [0.25, 0.3) is 11.4 Å². The normalized spacial score (nSPS) is 15.7. The first-order valence-electron chi connectivity index (χ1n) is 9.54. The molecule has 0 unspecified atom stereocenters. The summed E-state index contributed by atoms with van der Waals surface area (Å²) in [6.07, 6.45) is 0.925. The second-order valence-corrected chi connectivity index (χ2v) is 7.49. The summed E-state index contributed by atoms with van der Waals surface area (Å²) in [6, 6.07) is 4.39. The number of aromatic amines is 1. The molecule has 0 aliphatic carbocycles. The molecule has 1 N–H and O–H groups in total.